The van der Waals surface area contributed by atoms with E-state index in [1.165, 1.54) is 0 Å². The van der Waals surface area contributed by atoms with E-state index in [2.05, 4.69) is 30.2 Å². The predicted octanol–water partition coefficient (Wildman–Crippen LogP) is 2.86. The van der Waals surface area contributed by atoms with E-state index < -0.39 is 0 Å². The van der Waals surface area contributed by atoms with Gasteiger partial charge in [0.1, 0.15) is 5.82 Å². The predicted molar refractivity (Wildman–Crippen MR) is 118 cm³/mol. The average Bonchev–Trinajstić information content (AvgIpc) is 3.52. The van der Waals surface area contributed by atoms with Crippen molar-refractivity contribution in [1.29, 1.82) is 0 Å². The Hall–Kier alpha value is -3.62. The van der Waals surface area contributed by atoms with Crippen molar-refractivity contribution >= 4 is 16.9 Å². The van der Waals surface area contributed by atoms with Gasteiger partial charge in [-0.1, -0.05) is 6.07 Å². The fraction of sp³-hybridized carbons (Fsp3) is 0.391. The molecular weight excluding hydrogens is 404 g/mol. The Balaban J connectivity index is 1.38. The maximum Gasteiger partial charge on any atom is 0.252 e. The molecule has 0 aromatic carbocycles. The van der Waals surface area contributed by atoms with Crippen molar-refractivity contribution in [2.45, 2.75) is 58.0 Å². The minimum absolute atomic E-state index is 0.142. The zero-order chi connectivity index (χ0) is 21.7. The van der Waals surface area contributed by atoms with Crippen LogP contribution in [0.1, 0.15) is 65.0 Å². The van der Waals surface area contributed by atoms with Gasteiger partial charge >= 0.3 is 0 Å². The standard InChI is InChI=1S/C23H24N8O/c1-14-21-16(23(32)25-13-20-28-27-19-7-3-5-11-30(19)20)12-17(15-8-9-15)26-22(21)31(29-14)18-6-2-4-10-24-18/h2,4,6,10,12,15H,3,5,7-9,11,13H2,1H3,(H,25,32). The Labute approximate surface area is 184 Å². The first-order valence-electron chi connectivity index (χ1n) is 11.2. The zero-order valence-corrected chi connectivity index (χ0v) is 18.0. The molecule has 0 saturated heterocycles. The zero-order valence-electron chi connectivity index (χ0n) is 18.0. The lowest BCUT2D eigenvalue weighted by Crippen LogP contribution is -2.26. The highest BCUT2D eigenvalue weighted by Gasteiger charge is 2.29. The van der Waals surface area contributed by atoms with Gasteiger partial charge in [0.25, 0.3) is 5.91 Å². The monoisotopic (exact) mass is 428 g/mol. The van der Waals surface area contributed by atoms with Crippen LogP contribution in [0.15, 0.2) is 30.5 Å². The highest BCUT2D eigenvalue weighted by Crippen LogP contribution is 2.40. The molecule has 1 fully saturated rings. The second-order valence-electron chi connectivity index (χ2n) is 8.58. The van der Waals surface area contributed by atoms with E-state index in [4.69, 9.17) is 4.98 Å². The van der Waals surface area contributed by atoms with Crippen LogP contribution in [0.2, 0.25) is 0 Å². The second-order valence-corrected chi connectivity index (χ2v) is 8.58. The number of aromatic nitrogens is 7. The molecule has 0 unspecified atom stereocenters. The summed E-state index contributed by atoms with van der Waals surface area (Å²) in [7, 11) is 0. The molecule has 4 aromatic heterocycles. The van der Waals surface area contributed by atoms with E-state index in [-0.39, 0.29) is 5.91 Å². The van der Waals surface area contributed by atoms with Gasteiger partial charge in [0.15, 0.2) is 17.3 Å². The van der Waals surface area contributed by atoms with Crippen molar-refractivity contribution in [3.63, 3.8) is 0 Å². The number of pyridine rings is 2. The topological polar surface area (TPSA) is 103 Å². The summed E-state index contributed by atoms with van der Waals surface area (Å²) >= 11 is 0. The van der Waals surface area contributed by atoms with Gasteiger partial charge in [-0.05, 0) is 50.8 Å². The summed E-state index contributed by atoms with van der Waals surface area (Å²) < 4.78 is 3.87. The average molecular weight is 429 g/mol. The van der Waals surface area contributed by atoms with Crippen molar-refractivity contribution < 1.29 is 4.79 Å². The first-order chi connectivity index (χ1) is 15.7. The van der Waals surface area contributed by atoms with Gasteiger partial charge in [-0.15, -0.1) is 10.2 Å². The molecule has 2 aliphatic rings. The summed E-state index contributed by atoms with van der Waals surface area (Å²) in [5.41, 5.74) is 2.98. The molecule has 9 heteroatoms. The van der Waals surface area contributed by atoms with E-state index in [9.17, 15) is 4.79 Å². The number of hydrogen-bond acceptors (Lipinski definition) is 6. The van der Waals surface area contributed by atoms with E-state index in [1.807, 2.05) is 31.2 Å². The molecule has 0 radical (unpaired) electrons. The molecule has 0 atom stereocenters. The molecule has 1 N–H and O–H groups in total. The number of hydrogen-bond donors (Lipinski definition) is 1. The minimum atomic E-state index is -0.142. The lowest BCUT2D eigenvalue weighted by atomic mass is 10.1. The van der Waals surface area contributed by atoms with Crippen LogP contribution in [0.3, 0.4) is 0 Å². The fourth-order valence-electron chi connectivity index (χ4n) is 4.47. The number of amides is 1. The molecule has 162 valence electrons. The van der Waals surface area contributed by atoms with Gasteiger partial charge in [0.05, 0.1) is 23.2 Å². The maximum atomic E-state index is 13.4. The quantitative estimate of drug-likeness (QED) is 0.524. The Bertz CT molecular complexity index is 1320. The van der Waals surface area contributed by atoms with Gasteiger partial charge in [-0.3, -0.25) is 4.79 Å². The number of nitrogens with zero attached hydrogens (tertiary/aromatic N) is 7. The van der Waals surface area contributed by atoms with Gasteiger partial charge < -0.3 is 9.88 Å². The summed E-state index contributed by atoms with van der Waals surface area (Å²) in [5.74, 6) is 2.77. The normalized spacial score (nSPS) is 15.7. The number of aryl methyl sites for hydroxylation is 2. The smallest absolute Gasteiger partial charge is 0.252 e. The first kappa shape index (κ1) is 19.1. The van der Waals surface area contributed by atoms with Crippen LogP contribution in [0.5, 0.6) is 0 Å². The number of nitrogens with one attached hydrogen (secondary N) is 1. The molecule has 4 aromatic rings. The lowest BCUT2D eigenvalue weighted by molar-refractivity contribution is 0.0950. The van der Waals surface area contributed by atoms with Crippen molar-refractivity contribution in [2.24, 2.45) is 0 Å². The lowest BCUT2D eigenvalue weighted by Gasteiger charge is -2.15. The van der Waals surface area contributed by atoms with Crippen LogP contribution in [-0.2, 0) is 19.5 Å². The van der Waals surface area contributed by atoms with Crippen LogP contribution < -0.4 is 5.32 Å². The SMILES string of the molecule is Cc1nn(-c2ccccn2)c2nc(C3CC3)cc(C(=O)NCc3nnc4n3CCCC4)c12. The summed E-state index contributed by atoms with van der Waals surface area (Å²) in [6, 6.07) is 7.62. The number of carbonyl (C=O) groups is 1. The van der Waals surface area contributed by atoms with Crippen LogP contribution in [0.4, 0.5) is 0 Å². The Morgan fingerprint density at radius 3 is 2.94 bits per heavy atom. The summed E-state index contributed by atoms with van der Waals surface area (Å²) in [6.45, 7) is 3.17. The van der Waals surface area contributed by atoms with E-state index in [0.717, 1.165) is 67.1 Å². The van der Waals surface area contributed by atoms with Gasteiger partial charge in [0.2, 0.25) is 0 Å². The fourth-order valence-corrected chi connectivity index (χ4v) is 4.47. The summed E-state index contributed by atoms with van der Waals surface area (Å²) in [5, 5.41) is 17.1. The largest absolute Gasteiger partial charge is 0.345 e. The van der Waals surface area contributed by atoms with Crippen LogP contribution in [0.25, 0.3) is 16.9 Å². The Kier molecular flexibility index (Phi) is 4.48. The molecule has 1 aliphatic carbocycles. The molecule has 5 heterocycles. The van der Waals surface area contributed by atoms with Crippen molar-refractivity contribution in [3.8, 4) is 5.82 Å². The van der Waals surface area contributed by atoms with Gasteiger partial charge in [0, 0.05) is 30.8 Å². The molecule has 0 spiro atoms. The van der Waals surface area contributed by atoms with Gasteiger partial charge in [-0.25, -0.2) is 9.97 Å². The molecule has 1 saturated carbocycles. The van der Waals surface area contributed by atoms with Crippen molar-refractivity contribution in [3.05, 3.63) is 59.1 Å². The molecule has 1 aliphatic heterocycles. The third-order valence-corrected chi connectivity index (χ3v) is 6.28. The summed E-state index contributed by atoms with van der Waals surface area (Å²) in [6.07, 6.45) is 7.14. The molecule has 1 amide bonds. The van der Waals surface area contributed by atoms with Crippen LogP contribution in [-0.4, -0.2) is 40.4 Å². The number of carbonyl (C=O) groups excluding carboxylic acids is 1. The maximum absolute atomic E-state index is 13.4. The first-order valence-corrected chi connectivity index (χ1v) is 11.2. The van der Waals surface area contributed by atoms with Gasteiger partial charge in [-0.2, -0.15) is 9.78 Å². The minimum Gasteiger partial charge on any atom is -0.345 e. The third-order valence-electron chi connectivity index (χ3n) is 6.28. The molecule has 0 bridgehead atoms. The van der Waals surface area contributed by atoms with E-state index >= 15 is 0 Å². The molecular formula is C23H24N8O. The van der Waals surface area contributed by atoms with E-state index in [0.29, 0.717) is 29.5 Å². The number of rotatable bonds is 5. The Morgan fingerprint density at radius 2 is 2.12 bits per heavy atom. The van der Waals surface area contributed by atoms with E-state index in [1.54, 1.807) is 10.9 Å². The molecule has 32 heavy (non-hydrogen) atoms. The molecule has 9 nitrogen and oxygen atoms in total. The van der Waals surface area contributed by atoms with Crippen molar-refractivity contribution in [2.75, 3.05) is 0 Å². The van der Waals surface area contributed by atoms with Crippen LogP contribution in [0, 0.1) is 6.92 Å². The highest BCUT2D eigenvalue weighted by molar-refractivity contribution is 6.06. The third kappa shape index (κ3) is 3.24. The Morgan fingerprint density at radius 1 is 1.22 bits per heavy atom. The summed E-state index contributed by atoms with van der Waals surface area (Å²) in [4.78, 5) is 22.7. The van der Waals surface area contributed by atoms with Crippen LogP contribution >= 0.6 is 0 Å². The molecule has 6 rings (SSSR count). The van der Waals surface area contributed by atoms with Crippen molar-refractivity contribution in [1.82, 2.24) is 39.8 Å². The second kappa shape index (κ2) is 7.51. The number of fused-ring (bicyclic) bond motifs is 2. The highest BCUT2D eigenvalue weighted by atomic mass is 16.1.